The molecule has 2 aliphatic rings. The summed E-state index contributed by atoms with van der Waals surface area (Å²) >= 11 is 0. The molecule has 4 nitrogen and oxygen atoms in total. The largest absolute Gasteiger partial charge is 0.372 e. The molecular formula is C15H25N3O. The van der Waals surface area contributed by atoms with Gasteiger partial charge in [-0.3, -0.25) is 4.68 Å². The third-order valence-corrected chi connectivity index (χ3v) is 4.50. The van der Waals surface area contributed by atoms with Crippen molar-refractivity contribution in [1.82, 2.24) is 9.78 Å². The van der Waals surface area contributed by atoms with E-state index in [1.54, 1.807) is 0 Å². The Bertz CT molecular complexity index is 398. The first kappa shape index (κ1) is 13.1. The summed E-state index contributed by atoms with van der Waals surface area (Å²) in [5.41, 5.74) is 6.96. The SMILES string of the molecule is NC1CCC(OCc2ccn(C3CCCCC3)n2)C1. The van der Waals surface area contributed by atoms with Crippen LogP contribution in [-0.4, -0.2) is 21.9 Å². The minimum Gasteiger partial charge on any atom is -0.372 e. The molecule has 2 atom stereocenters. The molecule has 3 rings (SSSR count). The van der Waals surface area contributed by atoms with Crippen molar-refractivity contribution in [3.05, 3.63) is 18.0 Å². The van der Waals surface area contributed by atoms with Crippen molar-refractivity contribution in [2.45, 2.75) is 76.2 Å². The number of hydrogen-bond donors (Lipinski definition) is 1. The predicted octanol–water partition coefficient (Wildman–Crippen LogP) is 2.78. The van der Waals surface area contributed by atoms with E-state index in [1.807, 2.05) is 0 Å². The molecule has 106 valence electrons. The fraction of sp³-hybridized carbons (Fsp3) is 0.800. The van der Waals surface area contributed by atoms with Gasteiger partial charge in [0, 0.05) is 12.2 Å². The predicted molar refractivity (Wildman–Crippen MR) is 74.8 cm³/mol. The maximum atomic E-state index is 5.90. The van der Waals surface area contributed by atoms with E-state index in [4.69, 9.17) is 10.5 Å². The summed E-state index contributed by atoms with van der Waals surface area (Å²) in [6, 6.07) is 3.05. The number of nitrogens with zero attached hydrogens (tertiary/aromatic N) is 2. The molecule has 4 heteroatoms. The first-order valence-electron chi connectivity index (χ1n) is 7.72. The number of hydrogen-bond acceptors (Lipinski definition) is 3. The molecule has 0 amide bonds. The Morgan fingerprint density at radius 2 is 2.05 bits per heavy atom. The molecule has 0 saturated heterocycles. The van der Waals surface area contributed by atoms with Crippen LogP contribution in [0.4, 0.5) is 0 Å². The van der Waals surface area contributed by atoms with E-state index in [2.05, 4.69) is 22.0 Å². The van der Waals surface area contributed by atoms with Gasteiger partial charge < -0.3 is 10.5 Å². The van der Waals surface area contributed by atoms with Gasteiger partial charge in [-0.25, -0.2) is 0 Å². The van der Waals surface area contributed by atoms with E-state index in [0.717, 1.165) is 25.0 Å². The van der Waals surface area contributed by atoms with Gasteiger partial charge in [0.1, 0.15) is 0 Å². The highest BCUT2D eigenvalue weighted by Gasteiger charge is 2.22. The summed E-state index contributed by atoms with van der Waals surface area (Å²) in [7, 11) is 0. The lowest BCUT2D eigenvalue weighted by Crippen LogP contribution is -2.17. The van der Waals surface area contributed by atoms with E-state index in [-0.39, 0.29) is 0 Å². The second kappa shape index (κ2) is 6.06. The maximum absolute atomic E-state index is 5.90. The molecule has 0 aliphatic heterocycles. The monoisotopic (exact) mass is 263 g/mol. The average molecular weight is 263 g/mol. The highest BCUT2D eigenvalue weighted by molar-refractivity contribution is 4.98. The van der Waals surface area contributed by atoms with E-state index < -0.39 is 0 Å². The number of aromatic nitrogens is 2. The fourth-order valence-corrected chi connectivity index (χ4v) is 3.33. The van der Waals surface area contributed by atoms with Crippen LogP contribution in [0, 0.1) is 0 Å². The topological polar surface area (TPSA) is 53.1 Å². The van der Waals surface area contributed by atoms with Gasteiger partial charge in [-0.2, -0.15) is 5.10 Å². The molecule has 0 bridgehead atoms. The molecule has 1 aromatic heterocycles. The lowest BCUT2D eigenvalue weighted by Gasteiger charge is -2.21. The zero-order valence-corrected chi connectivity index (χ0v) is 11.6. The molecule has 1 heterocycles. The summed E-state index contributed by atoms with van der Waals surface area (Å²) in [5.74, 6) is 0. The number of ether oxygens (including phenoxy) is 1. The van der Waals surface area contributed by atoms with Crippen LogP contribution in [0.2, 0.25) is 0 Å². The molecule has 2 fully saturated rings. The molecule has 19 heavy (non-hydrogen) atoms. The van der Waals surface area contributed by atoms with Crippen molar-refractivity contribution in [1.29, 1.82) is 0 Å². The van der Waals surface area contributed by atoms with Crippen molar-refractivity contribution < 1.29 is 4.74 Å². The van der Waals surface area contributed by atoms with Crippen LogP contribution in [0.3, 0.4) is 0 Å². The van der Waals surface area contributed by atoms with E-state index in [0.29, 0.717) is 24.8 Å². The zero-order chi connectivity index (χ0) is 13.1. The molecule has 2 aliphatic carbocycles. The van der Waals surface area contributed by atoms with Gasteiger partial charge in [0.25, 0.3) is 0 Å². The first-order valence-corrected chi connectivity index (χ1v) is 7.72. The van der Waals surface area contributed by atoms with Gasteiger partial charge in [0.15, 0.2) is 0 Å². The summed E-state index contributed by atoms with van der Waals surface area (Å²) < 4.78 is 8.06. The Balaban J connectivity index is 1.50. The third kappa shape index (κ3) is 3.37. The quantitative estimate of drug-likeness (QED) is 0.908. The van der Waals surface area contributed by atoms with Crippen molar-refractivity contribution in [3.63, 3.8) is 0 Å². The summed E-state index contributed by atoms with van der Waals surface area (Å²) in [6.07, 6.45) is 12.3. The van der Waals surface area contributed by atoms with Crippen molar-refractivity contribution in [3.8, 4) is 0 Å². The minimum absolute atomic E-state index is 0.338. The Labute approximate surface area is 115 Å². The standard InChI is InChI=1S/C15H25N3O/c16-12-6-7-15(10-12)19-11-13-8-9-18(17-13)14-4-2-1-3-5-14/h8-9,12,14-15H,1-7,10-11,16H2. The van der Waals surface area contributed by atoms with E-state index in [9.17, 15) is 0 Å². The molecule has 0 radical (unpaired) electrons. The number of nitrogens with two attached hydrogens (primary N) is 1. The zero-order valence-electron chi connectivity index (χ0n) is 11.6. The second-order valence-electron chi connectivity index (χ2n) is 6.09. The van der Waals surface area contributed by atoms with Crippen LogP contribution in [0.5, 0.6) is 0 Å². The molecule has 0 spiro atoms. The fourth-order valence-electron chi connectivity index (χ4n) is 3.33. The van der Waals surface area contributed by atoms with Crippen molar-refractivity contribution in [2.24, 2.45) is 5.73 Å². The lowest BCUT2D eigenvalue weighted by atomic mass is 9.96. The van der Waals surface area contributed by atoms with E-state index in [1.165, 1.54) is 32.1 Å². The normalized spacial score (nSPS) is 28.9. The number of rotatable bonds is 4. The van der Waals surface area contributed by atoms with Crippen molar-refractivity contribution in [2.75, 3.05) is 0 Å². The molecule has 2 unspecified atom stereocenters. The molecular weight excluding hydrogens is 238 g/mol. The Kier molecular flexibility index (Phi) is 4.18. The van der Waals surface area contributed by atoms with Gasteiger partial charge in [0.2, 0.25) is 0 Å². The van der Waals surface area contributed by atoms with Crippen LogP contribution in [-0.2, 0) is 11.3 Å². The van der Waals surface area contributed by atoms with Crippen LogP contribution < -0.4 is 5.73 Å². The summed E-state index contributed by atoms with van der Waals surface area (Å²) in [4.78, 5) is 0. The lowest BCUT2D eigenvalue weighted by molar-refractivity contribution is 0.0425. The smallest absolute Gasteiger partial charge is 0.0910 e. The molecule has 0 aromatic carbocycles. The van der Waals surface area contributed by atoms with Crippen molar-refractivity contribution >= 4 is 0 Å². The van der Waals surface area contributed by atoms with E-state index >= 15 is 0 Å². The summed E-state index contributed by atoms with van der Waals surface area (Å²) in [6.45, 7) is 0.636. The maximum Gasteiger partial charge on any atom is 0.0910 e. The van der Waals surface area contributed by atoms with Crippen LogP contribution in [0.25, 0.3) is 0 Å². The minimum atomic E-state index is 0.338. The van der Waals surface area contributed by atoms with Gasteiger partial charge in [-0.05, 0) is 38.2 Å². The van der Waals surface area contributed by atoms with Crippen LogP contribution in [0.1, 0.15) is 63.1 Å². The van der Waals surface area contributed by atoms with Gasteiger partial charge in [0.05, 0.1) is 24.4 Å². The Hall–Kier alpha value is -0.870. The van der Waals surface area contributed by atoms with Gasteiger partial charge in [-0.15, -0.1) is 0 Å². The Morgan fingerprint density at radius 1 is 1.21 bits per heavy atom. The van der Waals surface area contributed by atoms with Gasteiger partial charge in [-0.1, -0.05) is 19.3 Å². The molecule has 1 aromatic rings. The average Bonchev–Trinajstić information content (AvgIpc) is 3.06. The second-order valence-corrected chi connectivity index (χ2v) is 6.09. The molecule has 2 N–H and O–H groups in total. The molecule has 2 saturated carbocycles. The Morgan fingerprint density at radius 3 is 2.79 bits per heavy atom. The highest BCUT2D eigenvalue weighted by atomic mass is 16.5. The first-order chi connectivity index (χ1) is 9.31. The summed E-state index contributed by atoms with van der Waals surface area (Å²) in [5, 5.41) is 4.67. The van der Waals surface area contributed by atoms with Crippen LogP contribution >= 0.6 is 0 Å². The van der Waals surface area contributed by atoms with Gasteiger partial charge >= 0.3 is 0 Å². The third-order valence-electron chi connectivity index (χ3n) is 4.50. The highest BCUT2D eigenvalue weighted by Crippen LogP contribution is 2.27. The van der Waals surface area contributed by atoms with Crippen LogP contribution in [0.15, 0.2) is 12.3 Å².